The molecule has 0 saturated carbocycles. The van der Waals surface area contributed by atoms with Gasteiger partial charge in [-0.15, -0.1) is 0 Å². The van der Waals surface area contributed by atoms with Gasteiger partial charge in [0.2, 0.25) is 11.5 Å². The first-order valence-electron chi connectivity index (χ1n) is 12.0. The minimum Gasteiger partial charge on any atom is -0.506 e. The van der Waals surface area contributed by atoms with Crippen molar-refractivity contribution in [2.24, 2.45) is 5.73 Å². The Balaban J connectivity index is 1.42. The quantitative estimate of drug-likeness (QED) is 0.235. The average Bonchev–Trinajstić information content (AvgIpc) is 2.87. The van der Waals surface area contributed by atoms with Gasteiger partial charge in [0.05, 0.1) is 17.5 Å². The Hall–Kier alpha value is -3.94. The molecular weight excluding hydrogens is 454 g/mol. The molecule has 7 heteroatoms. The maximum absolute atomic E-state index is 12.2. The first-order valence-corrected chi connectivity index (χ1v) is 12.0. The number of fused-ring (bicyclic) bond motifs is 1. The third-order valence-corrected chi connectivity index (χ3v) is 6.45. The Morgan fingerprint density at radius 3 is 2.47 bits per heavy atom. The number of primary amides is 1. The van der Waals surface area contributed by atoms with Crippen molar-refractivity contribution < 1.29 is 15.0 Å². The normalized spacial score (nSPS) is 13.8. The second-order valence-corrected chi connectivity index (χ2v) is 9.20. The smallest absolute Gasteiger partial charge is 0.248 e. The van der Waals surface area contributed by atoms with Crippen LogP contribution in [0, 0.1) is 0 Å². The van der Waals surface area contributed by atoms with Gasteiger partial charge in [-0.05, 0) is 54.2 Å². The van der Waals surface area contributed by atoms with Crippen LogP contribution in [0.4, 0.5) is 0 Å². The molecule has 4 rings (SSSR count). The lowest BCUT2D eigenvalue weighted by Crippen LogP contribution is -2.32. The van der Waals surface area contributed by atoms with Crippen LogP contribution < -0.4 is 16.6 Å². The van der Waals surface area contributed by atoms with Crippen molar-refractivity contribution >= 4 is 16.8 Å². The van der Waals surface area contributed by atoms with Crippen LogP contribution in [-0.2, 0) is 17.6 Å². The van der Waals surface area contributed by atoms with Crippen molar-refractivity contribution in [2.75, 3.05) is 6.54 Å². The number of aliphatic hydroxyl groups excluding tert-OH is 1. The van der Waals surface area contributed by atoms with Crippen LogP contribution in [0.2, 0.25) is 0 Å². The van der Waals surface area contributed by atoms with Crippen molar-refractivity contribution in [3.05, 3.63) is 111 Å². The Morgan fingerprint density at radius 1 is 0.972 bits per heavy atom. The van der Waals surface area contributed by atoms with E-state index in [2.05, 4.69) is 10.3 Å². The zero-order valence-electron chi connectivity index (χ0n) is 20.1. The van der Waals surface area contributed by atoms with E-state index in [0.29, 0.717) is 29.3 Å². The van der Waals surface area contributed by atoms with Gasteiger partial charge in [0.15, 0.2) is 0 Å². The van der Waals surface area contributed by atoms with Crippen LogP contribution in [0.15, 0.2) is 83.7 Å². The summed E-state index contributed by atoms with van der Waals surface area (Å²) >= 11 is 0. The number of hydrogen-bond donors (Lipinski definition) is 5. The van der Waals surface area contributed by atoms with Gasteiger partial charge in [-0.1, -0.05) is 60.7 Å². The molecule has 0 saturated heterocycles. The first-order chi connectivity index (χ1) is 17.3. The number of carbonyl (C=O) groups is 1. The molecule has 3 aromatic carbocycles. The number of phenols is 1. The average molecular weight is 486 g/mol. The van der Waals surface area contributed by atoms with E-state index in [1.807, 2.05) is 61.5 Å². The van der Waals surface area contributed by atoms with Crippen LogP contribution in [0.5, 0.6) is 5.75 Å². The van der Waals surface area contributed by atoms with Crippen LogP contribution in [-0.4, -0.2) is 33.7 Å². The molecule has 1 aromatic heterocycles. The summed E-state index contributed by atoms with van der Waals surface area (Å²) in [5.74, 6) is -0.805. The predicted octanol–water partition coefficient (Wildman–Crippen LogP) is 3.30. The largest absolute Gasteiger partial charge is 0.506 e. The summed E-state index contributed by atoms with van der Waals surface area (Å²) in [4.78, 5) is 26.5. The van der Waals surface area contributed by atoms with Crippen molar-refractivity contribution in [1.29, 1.82) is 0 Å². The lowest BCUT2D eigenvalue weighted by Gasteiger charge is -2.20. The topological polar surface area (TPSA) is 128 Å². The van der Waals surface area contributed by atoms with Gasteiger partial charge in [0.25, 0.3) is 0 Å². The van der Waals surface area contributed by atoms with Gasteiger partial charge < -0.3 is 26.2 Å². The zero-order valence-corrected chi connectivity index (χ0v) is 20.1. The third-order valence-electron chi connectivity index (χ3n) is 6.45. The third kappa shape index (κ3) is 6.00. The van der Waals surface area contributed by atoms with Crippen LogP contribution in [0.1, 0.15) is 41.2 Å². The van der Waals surface area contributed by atoms with E-state index < -0.39 is 12.0 Å². The molecule has 0 bridgehead atoms. The number of hydrogen-bond acceptors (Lipinski definition) is 5. The minimum absolute atomic E-state index is 0.0404. The van der Waals surface area contributed by atoms with Crippen LogP contribution in [0.25, 0.3) is 10.9 Å². The number of carbonyl (C=O) groups excluding carboxylic acids is 1. The fraction of sp³-hybridized carbons (Fsp3) is 0.241. The highest BCUT2D eigenvalue weighted by atomic mass is 16.3. The van der Waals surface area contributed by atoms with Crippen LogP contribution >= 0.6 is 0 Å². The SMILES string of the molecule is C[C@H](Cc1cccc(C(Cc2ccccc2)C(N)=O)c1)NC[C@H](O)c1ccc(O)c2[nH]c(=O)ccc12. The van der Waals surface area contributed by atoms with Gasteiger partial charge >= 0.3 is 0 Å². The second-order valence-electron chi connectivity index (χ2n) is 9.20. The number of nitrogens with one attached hydrogen (secondary N) is 2. The summed E-state index contributed by atoms with van der Waals surface area (Å²) < 4.78 is 0. The maximum atomic E-state index is 12.2. The van der Waals surface area contributed by atoms with E-state index >= 15 is 0 Å². The summed E-state index contributed by atoms with van der Waals surface area (Å²) in [6.07, 6.45) is 0.407. The molecule has 0 fully saturated rings. The Morgan fingerprint density at radius 2 is 1.72 bits per heavy atom. The highest BCUT2D eigenvalue weighted by Crippen LogP contribution is 2.28. The Labute approximate surface area is 209 Å². The maximum Gasteiger partial charge on any atom is 0.248 e. The number of aliphatic hydroxyl groups is 1. The molecule has 0 spiro atoms. The number of pyridine rings is 1. The molecular formula is C29H31N3O4. The summed E-state index contributed by atoms with van der Waals surface area (Å²) in [6, 6.07) is 23.9. The first kappa shape index (κ1) is 25.2. The molecule has 0 aliphatic rings. The van der Waals surface area contributed by atoms with E-state index in [-0.39, 0.29) is 29.8 Å². The summed E-state index contributed by atoms with van der Waals surface area (Å²) in [5, 5.41) is 24.8. The molecule has 0 aliphatic carbocycles. The number of nitrogens with two attached hydrogens (primary N) is 1. The molecule has 0 aliphatic heterocycles. The van der Waals surface area contributed by atoms with Crippen LogP contribution in [0.3, 0.4) is 0 Å². The van der Waals surface area contributed by atoms with E-state index in [1.165, 1.54) is 12.1 Å². The number of H-pyrrole nitrogens is 1. The lowest BCUT2D eigenvalue weighted by atomic mass is 9.89. The monoisotopic (exact) mass is 485 g/mol. The van der Waals surface area contributed by atoms with Gasteiger partial charge in [-0.3, -0.25) is 9.59 Å². The number of benzene rings is 3. The molecule has 1 heterocycles. The van der Waals surface area contributed by atoms with E-state index in [4.69, 9.17) is 5.73 Å². The van der Waals surface area contributed by atoms with E-state index in [0.717, 1.165) is 16.7 Å². The van der Waals surface area contributed by atoms with Gasteiger partial charge in [-0.25, -0.2) is 0 Å². The Kier molecular flexibility index (Phi) is 7.83. The number of aromatic nitrogens is 1. The molecule has 36 heavy (non-hydrogen) atoms. The fourth-order valence-electron chi connectivity index (χ4n) is 4.57. The second kappa shape index (κ2) is 11.2. The molecule has 6 N–H and O–H groups in total. The zero-order chi connectivity index (χ0) is 25.7. The number of aromatic hydroxyl groups is 1. The lowest BCUT2D eigenvalue weighted by molar-refractivity contribution is -0.119. The number of aromatic amines is 1. The molecule has 186 valence electrons. The van der Waals surface area contributed by atoms with E-state index in [9.17, 15) is 19.8 Å². The standard InChI is InChI=1S/C29H31N3O4/c1-18(31-17-26(34)22-10-12-25(33)28-23(22)11-13-27(35)32-28)14-20-8-5-9-21(15-20)24(29(30)36)16-19-6-3-2-4-7-19/h2-13,15,18,24,26,31,33-34H,14,16-17H2,1H3,(H2,30,36)(H,32,35)/t18-,24?,26+/m1/s1. The van der Waals surface area contributed by atoms with Crippen molar-refractivity contribution in [3.8, 4) is 5.75 Å². The number of rotatable bonds is 10. The van der Waals surface area contributed by atoms with E-state index in [1.54, 1.807) is 12.1 Å². The summed E-state index contributed by atoms with van der Waals surface area (Å²) in [7, 11) is 0. The fourth-order valence-corrected chi connectivity index (χ4v) is 4.57. The van der Waals surface area contributed by atoms with Gasteiger partial charge in [-0.2, -0.15) is 0 Å². The molecule has 1 unspecified atom stereocenters. The molecule has 4 aromatic rings. The molecule has 7 nitrogen and oxygen atoms in total. The summed E-state index contributed by atoms with van der Waals surface area (Å²) in [6.45, 7) is 2.32. The summed E-state index contributed by atoms with van der Waals surface area (Å²) in [5.41, 5.74) is 9.36. The van der Waals surface area contributed by atoms with Gasteiger partial charge in [0, 0.05) is 24.0 Å². The molecule has 3 atom stereocenters. The Bertz CT molecular complexity index is 1400. The van der Waals surface area contributed by atoms with Crippen molar-refractivity contribution in [2.45, 2.75) is 37.8 Å². The molecule has 0 radical (unpaired) electrons. The number of amides is 1. The molecule has 1 amide bonds. The highest BCUT2D eigenvalue weighted by Gasteiger charge is 2.19. The highest BCUT2D eigenvalue weighted by molar-refractivity contribution is 5.87. The predicted molar refractivity (Wildman–Crippen MR) is 141 cm³/mol. The van der Waals surface area contributed by atoms with Gasteiger partial charge in [0.1, 0.15) is 5.75 Å². The minimum atomic E-state index is -0.835. The van der Waals surface area contributed by atoms with Crippen molar-refractivity contribution in [1.82, 2.24) is 10.3 Å². The van der Waals surface area contributed by atoms with Crippen molar-refractivity contribution in [3.63, 3.8) is 0 Å². The number of phenolic OH excluding ortho intramolecular Hbond substituents is 1.